The van der Waals surface area contributed by atoms with E-state index in [1.54, 1.807) is 37.5 Å². The molecule has 34 heavy (non-hydrogen) atoms. The number of aromatic nitrogens is 4. The van der Waals surface area contributed by atoms with Crippen molar-refractivity contribution in [2.24, 2.45) is 5.92 Å². The normalized spacial score (nSPS) is 11.9. The van der Waals surface area contributed by atoms with Crippen molar-refractivity contribution in [3.05, 3.63) is 76.6 Å². The molecule has 0 aliphatic rings. The van der Waals surface area contributed by atoms with Crippen LogP contribution in [0.25, 0.3) is 11.3 Å². The zero-order valence-corrected chi connectivity index (χ0v) is 18.6. The van der Waals surface area contributed by atoms with Gasteiger partial charge in [0.05, 0.1) is 11.9 Å². The van der Waals surface area contributed by atoms with Crippen LogP contribution in [0, 0.1) is 11.7 Å². The Balaban J connectivity index is 1.70. The van der Waals surface area contributed by atoms with E-state index in [9.17, 15) is 19.1 Å². The number of benzene rings is 1. The first-order valence-electron chi connectivity index (χ1n) is 10.6. The number of aliphatic hydroxyl groups is 1. The van der Waals surface area contributed by atoms with Crippen molar-refractivity contribution in [3.63, 3.8) is 0 Å². The highest BCUT2D eigenvalue weighted by Crippen LogP contribution is 2.21. The lowest BCUT2D eigenvalue weighted by molar-refractivity contribution is 0.0943. The van der Waals surface area contributed by atoms with Crippen LogP contribution in [0.4, 0.5) is 21.7 Å². The summed E-state index contributed by atoms with van der Waals surface area (Å²) in [4.78, 5) is 30.2. The van der Waals surface area contributed by atoms with Crippen LogP contribution in [-0.2, 0) is 0 Å². The number of hydrogen-bond acceptors (Lipinski definition) is 7. The molecule has 1 atom stereocenters. The zero-order valence-electron chi connectivity index (χ0n) is 18.6. The lowest BCUT2D eigenvalue weighted by atomic mass is 10.2. The van der Waals surface area contributed by atoms with Crippen LogP contribution >= 0.6 is 0 Å². The molecule has 0 unspecified atom stereocenters. The Morgan fingerprint density at radius 1 is 1.24 bits per heavy atom. The highest BCUT2D eigenvalue weighted by molar-refractivity contribution is 6.00. The molecule has 4 N–H and O–H groups in total. The first kappa shape index (κ1) is 22.9. The number of hydrogen-bond donors (Lipinski definition) is 4. The predicted molar refractivity (Wildman–Crippen MR) is 126 cm³/mol. The molecule has 1 aromatic carbocycles. The lowest BCUT2D eigenvalue weighted by Gasteiger charge is -2.12. The Labute approximate surface area is 194 Å². The monoisotopic (exact) mass is 465 g/mol. The summed E-state index contributed by atoms with van der Waals surface area (Å²) in [7, 11) is 1.70. The van der Waals surface area contributed by atoms with Gasteiger partial charge in [0.2, 0.25) is 0 Å². The third-order valence-electron chi connectivity index (χ3n) is 5.19. The third kappa shape index (κ3) is 4.59. The van der Waals surface area contributed by atoms with Gasteiger partial charge in [-0.1, -0.05) is 13.0 Å². The van der Waals surface area contributed by atoms with Crippen molar-refractivity contribution in [1.29, 1.82) is 0 Å². The number of carbonyl (C=O) groups excluding carboxylic acids is 1. The summed E-state index contributed by atoms with van der Waals surface area (Å²) < 4.78 is 16.5. The summed E-state index contributed by atoms with van der Waals surface area (Å²) in [5.74, 6) is -0.0771. The van der Waals surface area contributed by atoms with Crippen molar-refractivity contribution in [3.8, 4) is 5.69 Å². The van der Waals surface area contributed by atoms with E-state index in [2.05, 4.69) is 26.0 Å². The minimum absolute atomic E-state index is 0.0461. The predicted octanol–water partition coefficient (Wildman–Crippen LogP) is 2.16. The van der Waals surface area contributed by atoms with E-state index in [0.717, 1.165) is 0 Å². The molecule has 0 aliphatic heterocycles. The van der Waals surface area contributed by atoms with Gasteiger partial charge in [-0.25, -0.2) is 9.37 Å². The van der Waals surface area contributed by atoms with E-state index >= 15 is 0 Å². The number of halogens is 1. The molecule has 176 valence electrons. The molecule has 0 saturated heterocycles. The number of aliphatic hydroxyl groups excluding tert-OH is 1. The first-order valence-corrected chi connectivity index (χ1v) is 10.6. The summed E-state index contributed by atoms with van der Waals surface area (Å²) in [5, 5.41) is 22.2. The van der Waals surface area contributed by atoms with Crippen molar-refractivity contribution in [2.75, 3.05) is 30.8 Å². The fourth-order valence-corrected chi connectivity index (χ4v) is 3.35. The van der Waals surface area contributed by atoms with Gasteiger partial charge in [0.25, 0.3) is 11.5 Å². The molecule has 4 rings (SSSR count). The highest BCUT2D eigenvalue weighted by atomic mass is 19.1. The zero-order chi connectivity index (χ0) is 24.2. The lowest BCUT2D eigenvalue weighted by Crippen LogP contribution is -2.29. The highest BCUT2D eigenvalue weighted by Gasteiger charge is 2.18. The fraction of sp³-hybridized carbons (Fsp3) is 0.217. The average molecular weight is 465 g/mol. The van der Waals surface area contributed by atoms with Crippen LogP contribution in [0.1, 0.15) is 17.3 Å². The number of carbonyl (C=O) groups is 1. The van der Waals surface area contributed by atoms with Gasteiger partial charge in [0.15, 0.2) is 5.65 Å². The topological polar surface area (TPSA) is 126 Å². The second-order valence-electron chi connectivity index (χ2n) is 7.77. The standard InChI is InChI=1S/C23H24FN7O3/c1-14(13-32)11-26-22(33)17-12-27-31-20(25-2)10-19(29-21(17)31)28-18-7-4-8-30(23(18)34)16-6-3-5-15(24)9-16/h3-10,12,14,25,32H,11,13H2,1-2H3,(H,26,33)(H,28,29)/t14-/m0/s1. The van der Waals surface area contributed by atoms with Gasteiger partial charge in [-0.2, -0.15) is 9.61 Å². The maximum absolute atomic E-state index is 13.7. The van der Waals surface area contributed by atoms with Crippen molar-refractivity contribution >= 4 is 28.9 Å². The van der Waals surface area contributed by atoms with Gasteiger partial charge in [0.1, 0.15) is 28.7 Å². The van der Waals surface area contributed by atoms with Gasteiger partial charge in [-0.3, -0.25) is 14.2 Å². The SMILES string of the molecule is CNc1cc(Nc2cccn(-c3cccc(F)c3)c2=O)nc2c(C(=O)NC[C@H](C)CO)cnn12. The van der Waals surface area contributed by atoms with E-state index < -0.39 is 11.4 Å². The molecular formula is C23H24FN7O3. The second kappa shape index (κ2) is 9.71. The second-order valence-corrected chi connectivity index (χ2v) is 7.77. The summed E-state index contributed by atoms with van der Waals surface area (Å²) in [6, 6.07) is 10.6. The molecule has 0 radical (unpaired) electrons. The van der Waals surface area contributed by atoms with Crippen LogP contribution in [0.2, 0.25) is 0 Å². The van der Waals surface area contributed by atoms with E-state index in [0.29, 0.717) is 23.9 Å². The molecule has 4 aromatic rings. The molecule has 0 saturated carbocycles. The number of rotatable bonds is 8. The van der Waals surface area contributed by atoms with Crippen LogP contribution < -0.4 is 21.5 Å². The Kier molecular flexibility index (Phi) is 6.55. The summed E-state index contributed by atoms with van der Waals surface area (Å²) in [6.07, 6.45) is 2.95. The minimum Gasteiger partial charge on any atom is -0.396 e. The Hall–Kier alpha value is -4.25. The third-order valence-corrected chi connectivity index (χ3v) is 5.19. The molecule has 3 heterocycles. The first-order chi connectivity index (χ1) is 16.4. The largest absolute Gasteiger partial charge is 0.396 e. The molecule has 0 spiro atoms. The molecule has 1 amide bonds. The van der Waals surface area contributed by atoms with Gasteiger partial charge in [-0.15, -0.1) is 0 Å². The smallest absolute Gasteiger partial charge is 0.278 e. The van der Waals surface area contributed by atoms with Crippen LogP contribution in [-0.4, -0.2) is 50.4 Å². The van der Waals surface area contributed by atoms with E-state index in [-0.39, 0.29) is 35.3 Å². The molecule has 11 heteroatoms. The maximum atomic E-state index is 13.7. The van der Waals surface area contributed by atoms with E-state index in [1.165, 1.54) is 33.5 Å². The quantitative estimate of drug-likeness (QED) is 0.314. The molecule has 0 aliphatic carbocycles. The van der Waals surface area contributed by atoms with Crippen LogP contribution in [0.3, 0.4) is 0 Å². The fourth-order valence-electron chi connectivity index (χ4n) is 3.35. The molecule has 3 aromatic heterocycles. The van der Waals surface area contributed by atoms with Crippen molar-refractivity contribution in [2.45, 2.75) is 6.92 Å². The molecule has 0 fully saturated rings. The minimum atomic E-state index is -0.450. The van der Waals surface area contributed by atoms with E-state index in [4.69, 9.17) is 0 Å². The molecule has 10 nitrogen and oxygen atoms in total. The van der Waals surface area contributed by atoms with Gasteiger partial charge >= 0.3 is 0 Å². The van der Waals surface area contributed by atoms with Crippen molar-refractivity contribution in [1.82, 2.24) is 24.5 Å². The molecular weight excluding hydrogens is 441 g/mol. The van der Waals surface area contributed by atoms with Crippen LogP contribution in [0.15, 0.2) is 59.7 Å². The molecule has 0 bridgehead atoms. The van der Waals surface area contributed by atoms with Crippen molar-refractivity contribution < 1.29 is 14.3 Å². The summed E-state index contributed by atoms with van der Waals surface area (Å²) in [5.41, 5.74) is 0.735. The van der Waals surface area contributed by atoms with Gasteiger partial charge in [-0.05, 0) is 36.2 Å². The Morgan fingerprint density at radius 3 is 2.79 bits per heavy atom. The summed E-state index contributed by atoms with van der Waals surface area (Å²) >= 11 is 0. The number of nitrogens with zero attached hydrogens (tertiary/aromatic N) is 4. The number of anilines is 3. The average Bonchev–Trinajstić information content (AvgIpc) is 3.27. The van der Waals surface area contributed by atoms with Gasteiger partial charge < -0.3 is 21.1 Å². The Bertz CT molecular complexity index is 1400. The Morgan fingerprint density at radius 2 is 2.06 bits per heavy atom. The number of nitrogens with one attached hydrogen (secondary N) is 3. The van der Waals surface area contributed by atoms with Crippen LogP contribution in [0.5, 0.6) is 0 Å². The van der Waals surface area contributed by atoms with E-state index in [1.807, 2.05) is 6.92 Å². The number of fused-ring (bicyclic) bond motifs is 1. The maximum Gasteiger partial charge on any atom is 0.278 e. The number of amides is 1. The number of pyridine rings is 1. The summed E-state index contributed by atoms with van der Waals surface area (Å²) in [6.45, 7) is 2.06. The van der Waals surface area contributed by atoms with Gasteiger partial charge in [0, 0.05) is 32.5 Å².